The number of unbranched alkanes of at least 4 members (excludes halogenated alkanes) is 3. The van der Waals surface area contributed by atoms with E-state index in [-0.39, 0.29) is 36.7 Å². The lowest BCUT2D eigenvalue weighted by atomic mass is 9.99. The highest BCUT2D eigenvalue weighted by Gasteiger charge is 2.32. The number of hydrogen-bond donors (Lipinski definition) is 4. The molecule has 0 aliphatic carbocycles. The van der Waals surface area contributed by atoms with Gasteiger partial charge in [0.15, 0.2) is 6.29 Å². The number of amides is 1. The number of rotatable bonds is 17. The van der Waals surface area contributed by atoms with Crippen LogP contribution in [0.25, 0.3) is 11.1 Å². The molecule has 1 amide bonds. The van der Waals surface area contributed by atoms with E-state index in [2.05, 4.69) is 16.4 Å². The van der Waals surface area contributed by atoms with Gasteiger partial charge in [-0.25, -0.2) is 9.78 Å². The number of aromatic carboxylic acids is 1. The Labute approximate surface area is 295 Å². The molecule has 11 heteroatoms. The minimum absolute atomic E-state index is 0.0211. The van der Waals surface area contributed by atoms with Crippen LogP contribution < -0.4 is 5.32 Å². The Morgan fingerprint density at radius 2 is 1.54 bits per heavy atom. The zero-order valence-corrected chi connectivity index (χ0v) is 28.5. The largest absolute Gasteiger partial charge is 0.481 e. The summed E-state index contributed by atoms with van der Waals surface area (Å²) in [6.45, 7) is 0.371. The fraction of sp³-hybridized carbons (Fsp3) is 0.333. The first kappa shape index (κ1) is 36.7. The molecule has 0 radical (unpaired) electrons. The SMILES string of the molecule is O=C(O)CCCCCCC(=O)NCc1cccc(-c2ccc(C3OC(CSc4ncccc4C(=O)O)CC(c4ccc(CO)cc4)O3)cc2)c1. The number of carboxylic acid groups (broad SMARTS) is 2. The average molecular weight is 699 g/mol. The monoisotopic (exact) mass is 698 g/mol. The summed E-state index contributed by atoms with van der Waals surface area (Å²) in [7, 11) is 0. The summed E-state index contributed by atoms with van der Waals surface area (Å²) in [5.41, 5.74) is 5.76. The van der Waals surface area contributed by atoms with Crippen molar-refractivity contribution in [2.45, 2.75) is 81.6 Å². The first-order chi connectivity index (χ1) is 24.3. The van der Waals surface area contributed by atoms with Crippen molar-refractivity contribution < 1.29 is 39.2 Å². The van der Waals surface area contributed by atoms with Crippen molar-refractivity contribution in [1.82, 2.24) is 10.3 Å². The first-order valence-electron chi connectivity index (χ1n) is 16.8. The summed E-state index contributed by atoms with van der Waals surface area (Å²) in [6.07, 6.45) is 4.54. The highest BCUT2D eigenvalue weighted by molar-refractivity contribution is 7.99. The predicted molar refractivity (Wildman–Crippen MR) is 189 cm³/mol. The lowest BCUT2D eigenvalue weighted by Gasteiger charge is -2.36. The maximum atomic E-state index is 12.4. The van der Waals surface area contributed by atoms with Crippen LogP contribution in [0.2, 0.25) is 0 Å². The van der Waals surface area contributed by atoms with E-state index in [1.165, 1.54) is 11.8 Å². The van der Waals surface area contributed by atoms with Crippen molar-refractivity contribution in [3.05, 3.63) is 119 Å². The van der Waals surface area contributed by atoms with Crippen LogP contribution in [-0.4, -0.2) is 50.0 Å². The Morgan fingerprint density at radius 3 is 2.26 bits per heavy atom. The molecule has 1 aromatic heterocycles. The van der Waals surface area contributed by atoms with E-state index in [0.29, 0.717) is 36.6 Å². The molecule has 3 unspecified atom stereocenters. The molecule has 2 heterocycles. The van der Waals surface area contributed by atoms with E-state index < -0.39 is 18.2 Å². The predicted octanol–water partition coefficient (Wildman–Crippen LogP) is 7.32. The molecule has 50 heavy (non-hydrogen) atoms. The van der Waals surface area contributed by atoms with Crippen LogP contribution in [0.1, 0.15) is 90.0 Å². The van der Waals surface area contributed by atoms with Gasteiger partial charge in [0.1, 0.15) is 5.03 Å². The van der Waals surface area contributed by atoms with Gasteiger partial charge in [0.05, 0.1) is 24.4 Å². The first-order valence-corrected chi connectivity index (χ1v) is 17.8. The molecule has 5 rings (SSSR count). The fourth-order valence-electron chi connectivity index (χ4n) is 5.76. The van der Waals surface area contributed by atoms with Crippen molar-refractivity contribution in [2.24, 2.45) is 0 Å². The number of thioether (sulfide) groups is 1. The van der Waals surface area contributed by atoms with E-state index in [9.17, 15) is 24.6 Å². The number of aliphatic hydroxyl groups excluding tert-OH is 1. The van der Waals surface area contributed by atoms with Gasteiger partial charge in [-0.15, -0.1) is 11.8 Å². The van der Waals surface area contributed by atoms with E-state index in [0.717, 1.165) is 52.6 Å². The third kappa shape index (κ3) is 10.7. The van der Waals surface area contributed by atoms with Gasteiger partial charge < -0.3 is 30.1 Å². The van der Waals surface area contributed by atoms with E-state index in [1.54, 1.807) is 18.3 Å². The number of ether oxygens (including phenoxy) is 2. The number of carboxylic acids is 2. The Bertz CT molecular complexity index is 1730. The molecule has 1 saturated heterocycles. The summed E-state index contributed by atoms with van der Waals surface area (Å²) in [5.74, 6) is -1.35. The summed E-state index contributed by atoms with van der Waals surface area (Å²) < 4.78 is 12.9. The second kappa shape index (κ2) is 18.4. The number of benzene rings is 3. The smallest absolute Gasteiger partial charge is 0.338 e. The summed E-state index contributed by atoms with van der Waals surface area (Å²) in [6, 6.07) is 26.8. The van der Waals surface area contributed by atoms with Crippen LogP contribution in [0.3, 0.4) is 0 Å². The number of nitrogens with one attached hydrogen (secondary N) is 1. The standard InChI is InChI=1S/C39H42N2O8S/c42-24-26-12-14-29(15-13-26)34-22-32(25-50-37-33(38(46)47)9-6-20-40-37)48-39(49-34)30-18-16-28(17-19-30)31-8-5-7-27(21-31)23-41-35(43)10-3-1-2-4-11-36(44)45/h5-9,12-21,32,34,39,42H,1-4,10-11,22-25H2,(H,41,43)(H,44,45)(H,46,47). The van der Waals surface area contributed by atoms with Gasteiger partial charge in [-0.1, -0.05) is 79.6 Å². The minimum atomic E-state index is -1.03. The number of aliphatic hydroxyl groups is 1. The normalized spacial score (nSPS) is 17.3. The number of carbonyl (C=O) groups excluding carboxylic acids is 1. The Balaban J connectivity index is 1.22. The van der Waals surface area contributed by atoms with Gasteiger partial charge >= 0.3 is 11.9 Å². The Morgan fingerprint density at radius 1 is 0.800 bits per heavy atom. The van der Waals surface area contributed by atoms with Gasteiger partial charge in [0.25, 0.3) is 0 Å². The van der Waals surface area contributed by atoms with Gasteiger partial charge in [-0.05, 0) is 58.9 Å². The van der Waals surface area contributed by atoms with Crippen molar-refractivity contribution in [3.63, 3.8) is 0 Å². The summed E-state index contributed by atoms with van der Waals surface area (Å²) in [5, 5.41) is 31.3. The van der Waals surface area contributed by atoms with Gasteiger partial charge in [0, 0.05) is 43.3 Å². The Hall–Kier alpha value is -4.55. The third-order valence-electron chi connectivity index (χ3n) is 8.50. The van der Waals surface area contributed by atoms with Crippen molar-refractivity contribution in [3.8, 4) is 11.1 Å². The maximum absolute atomic E-state index is 12.4. The molecule has 1 aliphatic rings. The van der Waals surface area contributed by atoms with Gasteiger partial charge in [-0.2, -0.15) is 0 Å². The van der Waals surface area contributed by atoms with E-state index in [4.69, 9.17) is 14.6 Å². The fourth-order valence-corrected chi connectivity index (χ4v) is 6.77. The second-order valence-corrected chi connectivity index (χ2v) is 13.2. The minimum Gasteiger partial charge on any atom is -0.481 e. The summed E-state index contributed by atoms with van der Waals surface area (Å²) in [4.78, 5) is 39.0. The molecule has 3 atom stereocenters. The topological polar surface area (TPSA) is 155 Å². The number of pyridine rings is 1. The molecule has 1 fully saturated rings. The lowest BCUT2D eigenvalue weighted by molar-refractivity contribution is -0.245. The number of nitrogens with zero attached hydrogens (tertiary/aromatic N) is 1. The highest BCUT2D eigenvalue weighted by atomic mass is 32.2. The molecule has 0 spiro atoms. The van der Waals surface area contributed by atoms with Crippen LogP contribution >= 0.6 is 11.8 Å². The molecule has 10 nitrogen and oxygen atoms in total. The zero-order valence-electron chi connectivity index (χ0n) is 27.7. The van der Waals surface area contributed by atoms with Crippen LogP contribution in [0.4, 0.5) is 0 Å². The quantitative estimate of drug-likeness (QED) is 0.0651. The molecule has 262 valence electrons. The highest BCUT2D eigenvalue weighted by Crippen LogP contribution is 2.40. The number of hydrogen-bond acceptors (Lipinski definition) is 8. The second-order valence-electron chi connectivity index (χ2n) is 12.2. The zero-order chi connectivity index (χ0) is 35.3. The van der Waals surface area contributed by atoms with Crippen LogP contribution in [0.5, 0.6) is 0 Å². The number of aromatic nitrogens is 1. The molecule has 0 bridgehead atoms. The molecular weight excluding hydrogens is 657 g/mol. The van der Waals surface area contributed by atoms with Crippen molar-refractivity contribution >= 4 is 29.6 Å². The molecule has 3 aromatic carbocycles. The van der Waals surface area contributed by atoms with Crippen molar-refractivity contribution in [2.75, 3.05) is 5.75 Å². The van der Waals surface area contributed by atoms with E-state index in [1.807, 2.05) is 66.7 Å². The van der Waals surface area contributed by atoms with Crippen LogP contribution in [0.15, 0.2) is 96.2 Å². The van der Waals surface area contributed by atoms with Gasteiger partial charge in [-0.3, -0.25) is 9.59 Å². The van der Waals surface area contributed by atoms with Gasteiger partial charge in [0.2, 0.25) is 5.91 Å². The van der Waals surface area contributed by atoms with Crippen molar-refractivity contribution in [1.29, 1.82) is 0 Å². The van der Waals surface area contributed by atoms with Crippen LogP contribution in [-0.2, 0) is 32.2 Å². The molecule has 4 aromatic rings. The Kier molecular flexibility index (Phi) is 13.5. The maximum Gasteiger partial charge on any atom is 0.338 e. The summed E-state index contributed by atoms with van der Waals surface area (Å²) >= 11 is 1.35. The van der Waals surface area contributed by atoms with E-state index >= 15 is 0 Å². The molecular formula is C39H42N2O8S. The third-order valence-corrected chi connectivity index (χ3v) is 9.64. The molecule has 4 N–H and O–H groups in total. The molecule has 1 aliphatic heterocycles. The number of aliphatic carboxylic acids is 1. The van der Waals surface area contributed by atoms with Crippen LogP contribution in [0, 0.1) is 0 Å². The lowest BCUT2D eigenvalue weighted by Crippen LogP contribution is -2.31. The number of carbonyl (C=O) groups is 3. The average Bonchev–Trinajstić information content (AvgIpc) is 3.14. The molecule has 0 saturated carbocycles.